The third kappa shape index (κ3) is 24.6. The van der Waals surface area contributed by atoms with Crippen molar-refractivity contribution in [2.24, 2.45) is 0 Å². The van der Waals surface area contributed by atoms with Crippen LogP contribution < -0.4 is 0 Å². The summed E-state index contributed by atoms with van der Waals surface area (Å²) in [6.07, 6.45) is 0.219. The van der Waals surface area contributed by atoms with E-state index in [4.69, 9.17) is 4.74 Å². The van der Waals surface area contributed by atoms with Gasteiger partial charge < -0.3 is 23.3 Å². The van der Waals surface area contributed by atoms with Crippen molar-refractivity contribution < 1.29 is 52.0 Å². The maximum Gasteiger partial charge on any atom is 0.275 e. The Morgan fingerprint density at radius 2 is 2.00 bits per heavy atom. The first-order valence-electron chi connectivity index (χ1n) is 3.51. The van der Waals surface area contributed by atoms with Crippen molar-refractivity contribution in [1.82, 2.24) is 0 Å². The molecular weight excluding hydrogens is 389 g/mol. The number of carbonyl (C=O) groups excluding carboxylic acids is 1. The van der Waals surface area contributed by atoms with Crippen LogP contribution in [0.4, 0.5) is 0 Å². The number of hydrogen-bond acceptors (Lipinski definition) is 3. The van der Waals surface area contributed by atoms with E-state index in [9.17, 15) is 4.79 Å². The zero-order valence-corrected chi connectivity index (χ0v) is 11.2. The maximum atomic E-state index is 9.90. The molecule has 0 atom stereocenters. The van der Waals surface area contributed by atoms with Gasteiger partial charge in [0.05, 0.1) is 13.7 Å². The molecule has 85 valence electrons. The van der Waals surface area contributed by atoms with Crippen molar-refractivity contribution in [2.45, 2.75) is 6.42 Å². The van der Waals surface area contributed by atoms with Crippen LogP contribution in [0.15, 0.2) is 0 Å². The molecular formula is C8H15BrHoO3-2. The summed E-state index contributed by atoms with van der Waals surface area (Å²) in [5, 5.41) is 0.905. The Bertz CT molecular complexity index is 91.4. The molecule has 1 radical (unpaired) electrons. The molecule has 0 aromatic rings. The molecule has 0 rings (SSSR count). The van der Waals surface area contributed by atoms with E-state index in [2.05, 4.69) is 34.5 Å². The molecule has 0 N–H and O–H groups in total. The normalized spacial score (nSPS) is 7.69. The van der Waals surface area contributed by atoms with Crippen molar-refractivity contribution in [1.29, 1.82) is 0 Å². The van der Waals surface area contributed by atoms with Crippen molar-refractivity contribution in [3.8, 4) is 0 Å². The molecule has 0 unspecified atom stereocenters. The van der Waals surface area contributed by atoms with E-state index in [-0.39, 0.29) is 50.1 Å². The van der Waals surface area contributed by atoms with E-state index in [0.29, 0.717) is 6.61 Å². The third-order valence-electron chi connectivity index (χ3n) is 0.798. The molecule has 5 heteroatoms. The van der Waals surface area contributed by atoms with Crippen molar-refractivity contribution >= 4 is 21.9 Å². The molecule has 13 heavy (non-hydrogen) atoms. The van der Waals surface area contributed by atoms with Gasteiger partial charge >= 0.3 is 0 Å². The SMILES string of the molecule is [CH2-]CC(=O)OC.[CH2-]COCCBr.[Ho]. The fourth-order valence-electron chi connectivity index (χ4n) is 0.259. The molecule has 0 saturated carbocycles. The summed E-state index contributed by atoms with van der Waals surface area (Å²) in [6.45, 7) is 8.10. The Morgan fingerprint density at radius 1 is 1.46 bits per heavy atom. The van der Waals surface area contributed by atoms with Crippen LogP contribution in [0.2, 0.25) is 0 Å². The second-order valence-electron chi connectivity index (χ2n) is 1.63. The van der Waals surface area contributed by atoms with Crippen LogP contribution >= 0.6 is 15.9 Å². The van der Waals surface area contributed by atoms with Gasteiger partial charge in [0.25, 0.3) is 5.97 Å². The van der Waals surface area contributed by atoms with Gasteiger partial charge in [-0.15, -0.1) is 0 Å². The second kappa shape index (κ2) is 18.9. The summed E-state index contributed by atoms with van der Waals surface area (Å²) in [7, 11) is 1.34. The van der Waals surface area contributed by atoms with Gasteiger partial charge in [0.15, 0.2) is 0 Å². The van der Waals surface area contributed by atoms with Gasteiger partial charge in [0, 0.05) is 43.1 Å². The van der Waals surface area contributed by atoms with Crippen molar-refractivity contribution in [3.63, 3.8) is 0 Å². The minimum absolute atomic E-state index is 0. The number of rotatable bonds is 4. The Morgan fingerprint density at radius 3 is 2.08 bits per heavy atom. The van der Waals surface area contributed by atoms with Gasteiger partial charge in [-0.1, -0.05) is 29.0 Å². The van der Waals surface area contributed by atoms with Gasteiger partial charge in [-0.25, -0.2) is 0 Å². The molecule has 0 aliphatic rings. The first-order chi connectivity index (χ1) is 5.72. The first-order valence-corrected chi connectivity index (χ1v) is 4.64. The second-order valence-corrected chi connectivity index (χ2v) is 2.42. The van der Waals surface area contributed by atoms with Crippen LogP contribution in [0.3, 0.4) is 0 Å². The van der Waals surface area contributed by atoms with Gasteiger partial charge in [0.1, 0.15) is 0 Å². The summed E-state index contributed by atoms with van der Waals surface area (Å²) >= 11 is 3.20. The molecule has 0 saturated heterocycles. The minimum Gasteiger partial charge on any atom is -0.471 e. The van der Waals surface area contributed by atoms with E-state index in [1.807, 2.05) is 0 Å². The Balaban J connectivity index is -0.000000143. The predicted octanol–water partition coefficient (Wildman–Crippen LogP) is 1.62. The monoisotopic (exact) mass is 403 g/mol. The smallest absolute Gasteiger partial charge is 0.275 e. The number of hydrogen-bond donors (Lipinski definition) is 0. The van der Waals surface area contributed by atoms with Crippen LogP contribution in [-0.2, 0) is 14.3 Å². The third-order valence-corrected chi connectivity index (χ3v) is 1.12. The van der Waals surface area contributed by atoms with E-state index in [1.165, 1.54) is 7.11 Å². The first kappa shape index (κ1) is 19.7. The molecule has 0 amide bonds. The summed E-state index contributed by atoms with van der Waals surface area (Å²) < 4.78 is 9.02. The summed E-state index contributed by atoms with van der Waals surface area (Å²) in [5.74, 6) is -0.269. The van der Waals surface area contributed by atoms with Gasteiger partial charge in [-0.3, -0.25) is 4.79 Å². The Hall–Kier alpha value is 1.17. The van der Waals surface area contributed by atoms with Crippen molar-refractivity contribution in [2.75, 3.05) is 25.7 Å². The van der Waals surface area contributed by atoms with Crippen LogP contribution in [-0.4, -0.2) is 31.6 Å². The molecule has 3 nitrogen and oxygen atoms in total. The van der Waals surface area contributed by atoms with Gasteiger partial charge in [-0.2, -0.15) is 0 Å². The molecule has 0 bridgehead atoms. The molecule has 0 heterocycles. The fourth-order valence-corrected chi connectivity index (χ4v) is 0.488. The summed E-state index contributed by atoms with van der Waals surface area (Å²) in [6, 6.07) is 0. The van der Waals surface area contributed by atoms with Gasteiger partial charge in [-0.05, 0) is 0 Å². The quantitative estimate of drug-likeness (QED) is 0.235. The molecule has 0 fully saturated rings. The Kier molecular flexibility index (Phi) is 28.6. The molecule has 0 spiro atoms. The number of alkyl halides is 1. The zero-order valence-electron chi connectivity index (χ0n) is 7.65. The maximum absolute atomic E-state index is 9.90. The number of esters is 1. The average molecular weight is 404 g/mol. The number of carbonyl (C=O) groups is 1. The molecule has 0 aromatic carbocycles. The summed E-state index contributed by atoms with van der Waals surface area (Å²) in [4.78, 5) is 9.90. The average Bonchev–Trinajstić information content (AvgIpc) is 2.14. The largest absolute Gasteiger partial charge is 0.471 e. The topological polar surface area (TPSA) is 35.5 Å². The number of halogens is 1. The van der Waals surface area contributed by atoms with E-state index >= 15 is 0 Å². The number of methoxy groups -OCH3 is 1. The van der Waals surface area contributed by atoms with Crippen LogP contribution in [0.1, 0.15) is 6.42 Å². The van der Waals surface area contributed by atoms with Crippen LogP contribution in [0.5, 0.6) is 0 Å². The number of ether oxygens (including phenoxy) is 2. The van der Waals surface area contributed by atoms with Crippen LogP contribution in [0.25, 0.3) is 0 Å². The zero-order chi connectivity index (χ0) is 9.82. The molecule has 0 aliphatic carbocycles. The summed E-state index contributed by atoms with van der Waals surface area (Å²) in [5.41, 5.74) is 0. The van der Waals surface area contributed by atoms with E-state index in [0.717, 1.165) is 11.9 Å². The Labute approximate surface area is 119 Å². The van der Waals surface area contributed by atoms with Crippen molar-refractivity contribution in [3.05, 3.63) is 13.8 Å². The van der Waals surface area contributed by atoms with E-state index < -0.39 is 0 Å². The van der Waals surface area contributed by atoms with Gasteiger partial charge in [0.2, 0.25) is 0 Å². The van der Waals surface area contributed by atoms with Crippen LogP contribution in [0, 0.1) is 51.6 Å². The molecule has 0 aromatic heterocycles. The predicted molar refractivity (Wildman–Crippen MR) is 52.0 cm³/mol. The van der Waals surface area contributed by atoms with E-state index in [1.54, 1.807) is 0 Å². The minimum atomic E-state index is -0.269. The fraction of sp³-hybridized carbons (Fsp3) is 0.625. The molecule has 0 aliphatic heterocycles. The standard InChI is InChI=1S/C4H8BrO.C4H7O2.Ho/c1-2-6-4-3-5;1-3-4(5)6-2;/h1-4H2;1,3H2,2H3;/q2*-1;.